The number of nitrogens with one attached hydrogen (secondary N) is 1. The van der Waals surface area contributed by atoms with E-state index >= 15 is 0 Å². The molecule has 25 heavy (non-hydrogen) atoms. The van der Waals surface area contributed by atoms with Gasteiger partial charge in [-0.05, 0) is 37.9 Å². The molecule has 2 aromatic rings. The van der Waals surface area contributed by atoms with Crippen LogP contribution in [0.5, 0.6) is 5.75 Å². The lowest BCUT2D eigenvalue weighted by Crippen LogP contribution is -2.34. The summed E-state index contributed by atoms with van der Waals surface area (Å²) in [6.07, 6.45) is 0. The Morgan fingerprint density at radius 3 is 2.40 bits per heavy atom. The van der Waals surface area contributed by atoms with Crippen LogP contribution in [0, 0.1) is 10.1 Å². The van der Waals surface area contributed by atoms with Crippen LogP contribution in [0.15, 0.2) is 48.5 Å². The molecule has 0 heterocycles. The van der Waals surface area contributed by atoms with Gasteiger partial charge in [-0.3, -0.25) is 14.9 Å². The molecule has 1 atom stereocenters. The molecule has 7 nitrogen and oxygen atoms in total. The van der Waals surface area contributed by atoms with Gasteiger partial charge in [0.15, 0.2) is 0 Å². The van der Waals surface area contributed by atoms with E-state index in [1.54, 1.807) is 13.2 Å². The third kappa shape index (κ3) is 4.54. The van der Waals surface area contributed by atoms with Gasteiger partial charge in [0.05, 0.1) is 18.1 Å². The normalized spacial score (nSPS) is 11.8. The molecule has 7 heteroatoms. The van der Waals surface area contributed by atoms with Crippen molar-refractivity contribution in [1.29, 1.82) is 0 Å². The summed E-state index contributed by atoms with van der Waals surface area (Å²) in [4.78, 5) is 24.9. The first-order chi connectivity index (χ1) is 11.9. The Labute approximate surface area is 146 Å². The Kier molecular flexibility index (Phi) is 6.08. The third-order valence-corrected chi connectivity index (χ3v) is 3.93. The van der Waals surface area contributed by atoms with E-state index in [2.05, 4.69) is 5.32 Å². The van der Waals surface area contributed by atoms with Crippen LogP contribution in [0.2, 0.25) is 0 Å². The summed E-state index contributed by atoms with van der Waals surface area (Å²) in [7, 11) is 5.42. The van der Waals surface area contributed by atoms with Gasteiger partial charge in [0.2, 0.25) is 0 Å². The summed E-state index contributed by atoms with van der Waals surface area (Å²) in [6.45, 7) is 0.324. The monoisotopic (exact) mass is 343 g/mol. The van der Waals surface area contributed by atoms with Crippen LogP contribution in [0.4, 0.5) is 5.69 Å². The van der Waals surface area contributed by atoms with Crippen molar-refractivity contribution >= 4 is 11.6 Å². The van der Waals surface area contributed by atoms with Crippen molar-refractivity contribution in [3.8, 4) is 5.75 Å². The second-order valence-electron chi connectivity index (χ2n) is 5.74. The highest BCUT2D eigenvalue weighted by Gasteiger charge is 2.21. The van der Waals surface area contributed by atoms with Gasteiger partial charge < -0.3 is 15.0 Å². The quantitative estimate of drug-likeness (QED) is 0.617. The second kappa shape index (κ2) is 8.25. The minimum Gasteiger partial charge on any atom is -0.497 e. The third-order valence-electron chi connectivity index (χ3n) is 3.93. The lowest BCUT2D eigenvalue weighted by molar-refractivity contribution is -0.385. The summed E-state index contributed by atoms with van der Waals surface area (Å²) in [5.41, 5.74) is 0.860. The molecule has 2 aromatic carbocycles. The molecule has 0 aliphatic carbocycles. The lowest BCUT2D eigenvalue weighted by atomic mass is 10.1. The fourth-order valence-corrected chi connectivity index (χ4v) is 2.53. The number of hydrogen-bond donors (Lipinski definition) is 1. The van der Waals surface area contributed by atoms with Gasteiger partial charge in [-0.1, -0.05) is 24.3 Å². The number of carbonyl (C=O) groups excluding carboxylic acids is 1. The molecule has 0 saturated heterocycles. The van der Waals surface area contributed by atoms with Gasteiger partial charge in [0.1, 0.15) is 11.3 Å². The van der Waals surface area contributed by atoms with E-state index in [-0.39, 0.29) is 17.3 Å². The fraction of sp³-hybridized carbons (Fsp3) is 0.278. The summed E-state index contributed by atoms with van der Waals surface area (Å²) >= 11 is 0. The number of carbonyl (C=O) groups is 1. The summed E-state index contributed by atoms with van der Waals surface area (Å²) in [6, 6.07) is 13.4. The number of hydrogen-bond acceptors (Lipinski definition) is 5. The SMILES string of the molecule is COc1ccc(C(CNC(=O)c2ccccc2[N+](=O)[O-])N(C)C)cc1. The Morgan fingerprint density at radius 1 is 1.20 bits per heavy atom. The Hall–Kier alpha value is -2.93. The number of rotatable bonds is 7. The number of likely N-dealkylation sites (N-methyl/N-ethyl adjacent to an activating group) is 1. The zero-order valence-corrected chi connectivity index (χ0v) is 14.4. The van der Waals surface area contributed by atoms with Crippen molar-refractivity contribution in [2.24, 2.45) is 0 Å². The number of ether oxygens (including phenoxy) is 1. The minimum absolute atomic E-state index is 0.0553. The van der Waals surface area contributed by atoms with Crippen LogP contribution in [-0.2, 0) is 0 Å². The highest BCUT2D eigenvalue weighted by Crippen LogP contribution is 2.22. The topological polar surface area (TPSA) is 84.7 Å². The van der Waals surface area contributed by atoms with E-state index < -0.39 is 10.8 Å². The first-order valence-electron chi connectivity index (χ1n) is 7.76. The Morgan fingerprint density at radius 2 is 1.84 bits per heavy atom. The maximum Gasteiger partial charge on any atom is 0.282 e. The molecule has 1 amide bonds. The highest BCUT2D eigenvalue weighted by atomic mass is 16.6. The van der Waals surface area contributed by atoms with Gasteiger partial charge in [-0.2, -0.15) is 0 Å². The van der Waals surface area contributed by atoms with E-state index in [9.17, 15) is 14.9 Å². The molecule has 0 fully saturated rings. The predicted octanol–water partition coefficient (Wildman–Crippen LogP) is 2.64. The Balaban J connectivity index is 2.13. The van der Waals surface area contributed by atoms with Gasteiger partial charge in [0.25, 0.3) is 11.6 Å². The van der Waals surface area contributed by atoms with Crippen LogP contribution in [-0.4, -0.2) is 43.5 Å². The molecule has 1 unspecified atom stereocenters. The summed E-state index contributed by atoms with van der Waals surface area (Å²) in [5, 5.41) is 13.8. The fourth-order valence-electron chi connectivity index (χ4n) is 2.53. The van der Waals surface area contributed by atoms with Crippen LogP contribution >= 0.6 is 0 Å². The standard InChI is InChI=1S/C18H21N3O4/c1-20(2)17(13-8-10-14(25-3)11-9-13)12-19-18(22)15-6-4-5-7-16(15)21(23)24/h4-11,17H,12H2,1-3H3,(H,19,22). The molecule has 0 spiro atoms. The van der Waals surface area contributed by atoms with Crippen molar-refractivity contribution in [2.75, 3.05) is 27.7 Å². The predicted molar refractivity (Wildman–Crippen MR) is 94.9 cm³/mol. The zero-order chi connectivity index (χ0) is 18.4. The molecular weight excluding hydrogens is 322 g/mol. The van der Waals surface area contributed by atoms with Crippen LogP contribution in [0.3, 0.4) is 0 Å². The van der Waals surface area contributed by atoms with E-state index in [0.29, 0.717) is 6.54 Å². The van der Waals surface area contributed by atoms with Crippen molar-refractivity contribution in [3.63, 3.8) is 0 Å². The largest absolute Gasteiger partial charge is 0.497 e. The molecule has 0 aliphatic rings. The number of nitro groups is 1. The first kappa shape index (κ1) is 18.4. The van der Waals surface area contributed by atoms with Gasteiger partial charge in [-0.25, -0.2) is 0 Å². The Bertz CT molecular complexity index is 744. The maximum atomic E-state index is 12.4. The number of amides is 1. The van der Waals surface area contributed by atoms with Crippen molar-refractivity contribution in [1.82, 2.24) is 10.2 Å². The highest BCUT2D eigenvalue weighted by molar-refractivity contribution is 5.98. The van der Waals surface area contributed by atoms with E-state index in [1.165, 1.54) is 18.2 Å². The smallest absolute Gasteiger partial charge is 0.282 e. The molecular formula is C18H21N3O4. The second-order valence-corrected chi connectivity index (χ2v) is 5.74. The number of nitrogens with zero attached hydrogens (tertiary/aromatic N) is 2. The van der Waals surface area contributed by atoms with Crippen LogP contribution in [0.1, 0.15) is 22.0 Å². The first-order valence-corrected chi connectivity index (χ1v) is 7.76. The molecule has 0 aliphatic heterocycles. The van der Waals surface area contributed by atoms with Crippen LogP contribution < -0.4 is 10.1 Å². The summed E-state index contributed by atoms with van der Waals surface area (Å²) in [5.74, 6) is 0.290. The van der Waals surface area contributed by atoms with Crippen molar-refractivity contribution in [3.05, 3.63) is 69.8 Å². The molecule has 2 rings (SSSR count). The van der Waals surface area contributed by atoms with Crippen molar-refractivity contribution in [2.45, 2.75) is 6.04 Å². The number of benzene rings is 2. The molecule has 1 N–H and O–H groups in total. The number of para-hydroxylation sites is 1. The number of nitro benzene ring substituents is 1. The molecule has 0 saturated carbocycles. The van der Waals surface area contributed by atoms with E-state index in [4.69, 9.17) is 4.74 Å². The van der Waals surface area contributed by atoms with E-state index in [1.807, 2.05) is 43.3 Å². The molecule has 132 valence electrons. The summed E-state index contributed by atoms with van der Waals surface area (Å²) < 4.78 is 5.15. The van der Waals surface area contributed by atoms with Crippen LogP contribution in [0.25, 0.3) is 0 Å². The van der Waals surface area contributed by atoms with E-state index in [0.717, 1.165) is 11.3 Å². The van der Waals surface area contributed by atoms with Gasteiger partial charge >= 0.3 is 0 Å². The number of methoxy groups -OCH3 is 1. The van der Waals surface area contributed by atoms with Gasteiger partial charge in [-0.15, -0.1) is 0 Å². The van der Waals surface area contributed by atoms with Gasteiger partial charge in [0, 0.05) is 12.6 Å². The average molecular weight is 343 g/mol. The van der Waals surface area contributed by atoms with Crippen molar-refractivity contribution < 1.29 is 14.5 Å². The minimum atomic E-state index is -0.554. The lowest BCUT2D eigenvalue weighted by Gasteiger charge is -2.25. The zero-order valence-electron chi connectivity index (χ0n) is 14.4. The average Bonchev–Trinajstić information content (AvgIpc) is 2.62. The molecule has 0 radical (unpaired) electrons. The maximum absolute atomic E-state index is 12.4. The molecule has 0 aromatic heterocycles. The molecule has 0 bridgehead atoms.